The van der Waals surface area contributed by atoms with Crippen molar-refractivity contribution in [1.29, 1.82) is 0 Å². The maximum Gasteiger partial charge on any atom is 0.293 e. The van der Waals surface area contributed by atoms with Gasteiger partial charge in [0.2, 0.25) is 11.7 Å². The van der Waals surface area contributed by atoms with Crippen LogP contribution in [0.15, 0.2) is 0 Å². The Morgan fingerprint density at radius 3 is 2.71 bits per heavy atom. The van der Waals surface area contributed by atoms with Gasteiger partial charge < -0.3 is 15.1 Å². The van der Waals surface area contributed by atoms with E-state index in [1.54, 1.807) is 11.9 Å². The number of rotatable bonds is 5. The molecule has 8 heteroatoms. The van der Waals surface area contributed by atoms with Crippen molar-refractivity contribution in [3.63, 3.8) is 0 Å². The zero-order chi connectivity index (χ0) is 15.2. The van der Waals surface area contributed by atoms with Crippen LogP contribution in [0.4, 0.5) is 0 Å². The molecular formula is C13H22N6O2. The summed E-state index contributed by atoms with van der Waals surface area (Å²) in [6.07, 6.45) is 1.68. The first-order chi connectivity index (χ1) is 10.1. The van der Waals surface area contributed by atoms with E-state index in [1.165, 1.54) is 4.90 Å². The van der Waals surface area contributed by atoms with Crippen LogP contribution in [-0.4, -0.2) is 76.6 Å². The number of nitrogens with zero attached hydrogens (tertiary/aromatic N) is 4. The van der Waals surface area contributed by atoms with Crippen LogP contribution in [0.5, 0.6) is 0 Å². The second-order valence-corrected chi connectivity index (χ2v) is 5.15. The molecule has 0 saturated carbocycles. The highest BCUT2D eigenvalue weighted by Gasteiger charge is 2.22. The Hall–Kier alpha value is -1.96. The molecule has 0 spiro atoms. The molecule has 0 bridgehead atoms. The molecule has 21 heavy (non-hydrogen) atoms. The number of aryl methyl sites for hydroxylation is 1. The maximum absolute atomic E-state index is 12.2. The summed E-state index contributed by atoms with van der Waals surface area (Å²) >= 11 is 0. The molecule has 0 atom stereocenters. The summed E-state index contributed by atoms with van der Waals surface area (Å²) in [6.45, 7) is 5.04. The Morgan fingerprint density at radius 1 is 1.33 bits per heavy atom. The van der Waals surface area contributed by atoms with Crippen LogP contribution in [0.25, 0.3) is 0 Å². The lowest BCUT2D eigenvalue weighted by Crippen LogP contribution is -2.49. The second-order valence-electron chi connectivity index (χ2n) is 5.15. The number of carbonyl (C=O) groups is 2. The van der Waals surface area contributed by atoms with Crippen LogP contribution in [-0.2, 0) is 11.2 Å². The average Bonchev–Trinajstić information content (AvgIpc) is 2.96. The predicted octanol–water partition coefficient (Wildman–Crippen LogP) is -0.739. The van der Waals surface area contributed by atoms with Crippen molar-refractivity contribution >= 4 is 11.8 Å². The van der Waals surface area contributed by atoms with E-state index in [0.29, 0.717) is 18.9 Å². The summed E-state index contributed by atoms with van der Waals surface area (Å²) in [6, 6.07) is 0. The fourth-order valence-electron chi connectivity index (χ4n) is 2.20. The average molecular weight is 294 g/mol. The van der Waals surface area contributed by atoms with Crippen molar-refractivity contribution in [2.45, 2.75) is 19.8 Å². The lowest BCUT2D eigenvalue weighted by molar-refractivity contribution is -0.132. The van der Waals surface area contributed by atoms with E-state index in [-0.39, 0.29) is 24.2 Å². The van der Waals surface area contributed by atoms with E-state index < -0.39 is 0 Å². The van der Waals surface area contributed by atoms with Gasteiger partial charge in [-0.05, 0) is 6.42 Å². The van der Waals surface area contributed by atoms with Gasteiger partial charge in [-0.15, -0.1) is 5.10 Å². The van der Waals surface area contributed by atoms with Crippen molar-refractivity contribution < 1.29 is 9.59 Å². The number of hydrogen-bond acceptors (Lipinski definition) is 5. The first kappa shape index (κ1) is 15.4. The Kier molecular flexibility index (Phi) is 5.26. The van der Waals surface area contributed by atoms with Crippen molar-refractivity contribution in [3.8, 4) is 0 Å². The van der Waals surface area contributed by atoms with Gasteiger partial charge in [-0.25, -0.2) is 4.98 Å². The Bertz CT molecular complexity index is 495. The van der Waals surface area contributed by atoms with Gasteiger partial charge in [0, 0.05) is 39.6 Å². The van der Waals surface area contributed by atoms with Gasteiger partial charge in [-0.3, -0.25) is 14.7 Å². The lowest BCUT2D eigenvalue weighted by Gasteiger charge is -2.29. The Morgan fingerprint density at radius 2 is 2.05 bits per heavy atom. The molecule has 1 aliphatic rings. The molecule has 2 rings (SSSR count). The molecule has 0 radical (unpaired) electrons. The van der Waals surface area contributed by atoms with Gasteiger partial charge in [0.15, 0.2) is 0 Å². The topological polar surface area (TPSA) is 94.2 Å². The third-order valence-electron chi connectivity index (χ3n) is 3.40. The third-order valence-corrected chi connectivity index (χ3v) is 3.40. The normalized spacial score (nSPS) is 15.0. The van der Waals surface area contributed by atoms with Crippen LogP contribution in [0.2, 0.25) is 0 Å². The molecule has 2 heterocycles. The summed E-state index contributed by atoms with van der Waals surface area (Å²) in [7, 11) is 1.60. The van der Waals surface area contributed by atoms with E-state index in [2.05, 4.69) is 20.5 Å². The molecule has 1 fully saturated rings. The van der Waals surface area contributed by atoms with E-state index in [9.17, 15) is 9.59 Å². The molecule has 116 valence electrons. The highest BCUT2D eigenvalue weighted by molar-refractivity contribution is 5.93. The molecule has 2 amide bonds. The quantitative estimate of drug-likeness (QED) is 0.746. The fraction of sp³-hybridized carbons (Fsp3) is 0.692. The minimum Gasteiger partial charge on any atom is -0.339 e. The molecule has 8 nitrogen and oxygen atoms in total. The lowest BCUT2D eigenvalue weighted by atomic mass is 10.3. The van der Waals surface area contributed by atoms with Crippen LogP contribution < -0.4 is 5.32 Å². The molecule has 0 aromatic carbocycles. The molecule has 1 aromatic rings. The van der Waals surface area contributed by atoms with Gasteiger partial charge in [0.25, 0.3) is 5.91 Å². The van der Waals surface area contributed by atoms with Crippen LogP contribution >= 0.6 is 0 Å². The number of piperazine rings is 1. The van der Waals surface area contributed by atoms with Crippen molar-refractivity contribution in [1.82, 2.24) is 30.3 Å². The first-order valence-electron chi connectivity index (χ1n) is 7.27. The number of H-pyrrole nitrogens is 1. The number of likely N-dealkylation sites (N-methyl/N-ethyl adjacent to an activating group) is 1. The van der Waals surface area contributed by atoms with Crippen molar-refractivity contribution in [2.75, 3.05) is 39.8 Å². The molecule has 0 aliphatic carbocycles. The second kappa shape index (κ2) is 7.16. The summed E-state index contributed by atoms with van der Waals surface area (Å²) in [5.41, 5.74) is 0. The molecule has 1 aliphatic heterocycles. The number of aromatic nitrogens is 3. The molecular weight excluding hydrogens is 272 g/mol. The number of carbonyl (C=O) groups excluding carboxylic acids is 2. The standard InChI is InChI=1S/C13H22N6O2/c1-3-4-10-15-12(17-16-10)13(21)18(2)9-11(20)19-7-5-14-6-8-19/h14H,3-9H2,1-2H3,(H,15,16,17). The highest BCUT2D eigenvalue weighted by atomic mass is 16.2. The maximum atomic E-state index is 12.2. The number of amides is 2. The minimum atomic E-state index is -0.336. The van der Waals surface area contributed by atoms with Gasteiger partial charge in [-0.2, -0.15) is 0 Å². The minimum absolute atomic E-state index is 0.0448. The van der Waals surface area contributed by atoms with Crippen molar-refractivity contribution in [3.05, 3.63) is 11.6 Å². The fourth-order valence-corrected chi connectivity index (χ4v) is 2.20. The smallest absolute Gasteiger partial charge is 0.293 e. The molecule has 0 unspecified atom stereocenters. The third kappa shape index (κ3) is 4.01. The van der Waals surface area contributed by atoms with Gasteiger partial charge in [0.1, 0.15) is 5.82 Å². The monoisotopic (exact) mass is 294 g/mol. The van der Waals surface area contributed by atoms with Crippen molar-refractivity contribution in [2.24, 2.45) is 0 Å². The predicted molar refractivity (Wildman–Crippen MR) is 76.8 cm³/mol. The largest absolute Gasteiger partial charge is 0.339 e. The van der Waals surface area contributed by atoms with Crippen LogP contribution in [0, 0.1) is 0 Å². The molecule has 1 saturated heterocycles. The van der Waals surface area contributed by atoms with Crippen LogP contribution in [0.1, 0.15) is 29.8 Å². The van der Waals surface area contributed by atoms with E-state index in [1.807, 2.05) is 6.92 Å². The Balaban J connectivity index is 1.90. The number of hydrogen-bond donors (Lipinski definition) is 2. The molecule has 1 aromatic heterocycles. The number of nitrogens with one attached hydrogen (secondary N) is 2. The van der Waals surface area contributed by atoms with E-state index in [4.69, 9.17) is 0 Å². The van der Waals surface area contributed by atoms with Crippen LogP contribution in [0.3, 0.4) is 0 Å². The van der Waals surface area contributed by atoms with Gasteiger partial charge >= 0.3 is 0 Å². The highest BCUT2D eigenvalue weighted by Crippen LogP contribution is 2.02. The molecule has 2 N–H and O–H groups in total. The summed E-state index contributed by atoms with van der Waals surface area (Å²) < 4.78 is 0. The SMILES string of the molecule is CCCc1nc(C(=O)N(C)CC(=O)N2CCNCC2)n[nH]1. The zero-order valence-electron chi connectivity index (χ0n) is 12.6. The van der Waals surface area contributed by atoms with E-state index >= 15 is 0 Å². The zero-order valence-corrected chi connectivity index (χ0v) is 12.6. The Labute approximate surface area is 123 Å². The van der Waals surface area contributed by atoms with Gasteiger partial charge in [-0.1, -0.05) is 6.92 Å². The van der Waals surface area contributed by atoms with Gasteiger partial charge in [0.05, 0.1) is 6.54 Å². The first-order valence-corrected chi connectivity index (χ1v) is 7.27. The summed E-state index contributed by atoms with van der Waals surface area (Å²) in [5.74, 6) is 0.436. The van der Waals surface area contributed by atoms with E-state index in [0.717, 1.165) is 25.9 Å². The number of aromatic amines is 1. The summed E-state index contributed by atoms with van der Waals surface area (Å²) in [5, 5.41) is 9.85. The summed E-state index contributed by atoms with van der Waals surface area (Å²) in [4.78, 5) is 31.6.